The Morgan fingerprint density at radius 3 is 2.54 bits per heavy atom. The lowest BCUT2D eigenvalue weighted by molar-refractivity contribution is 0.284. The number of thiocarbonyl (C=S) groups is 1. The highest BCUT2D eigenvalue weighted by molar-refractivity contribution is 7.80. The lowest BCUT2D eigenvalue weighted by Crippen LogP contribution is -2.09. The minimum absolute atomic E-state index is 0.0551. The number of methoxy groups -OCH3 is 1. The average molecular weight is 359 g/mol. The highest BCUT2D eigenvalue weighted by Crippen LogP contribution is 2.29. The molecule has 0 aliphatic heterocycles. The fourth-order valence-corrected chi connectivity index (χ4v) is 2.19. The van der Waals surface area contributed by atoms with Crippen LogP contribution in [0, 0.1) is 11.3 Å². The number of nitrogens with two attached hydrogens (primary N) is 1. The summed E-state index contributed by atoms with van der Waals surface area (Å²) in [5, 5.41) is 9.70. The third-order valence-electron chi connectivity index (χ3n) is 3.19. The molecule has 0 aliphatic rings. The Hall–Kier alpha value is -2.55. The summed E-state index contributed by atoms with van der Waals surface area (Å²) in [6, 6.07) is 14.7. The highest BCUT2D eigenvalue weighted by Gasteiger charge is 2.07. The van der Waals surface area contributed by atoms with Gasteiger partial charge in [-0.25, -0.2) is 0 Å². The SMILES string of the molecule is COc1cc(/C=C(/C#N)C(N)=S)ccc1OCc1ccc(Cl)cc1. The number of nitrogens with zero attached hydrogens (tertiary/aromatic N) is 1. The van der Waals surface area contributed by atoms with E-state index in [0.29, 0.717) is 23.1 Å². The Balaban J connectivity index is 2.18. The quantitative estimate of drug-likeness (QED) is 0.478. The molecule has 6 heteroatoms. The van der Waals surface area contributed by atoms with E-state index < -0.39 is 0 Å². The van der Waals surface area contributed by atoms with Crippen molar-refractivity contribution in [3.05, 3.63) is 64.2 Å². The maximum absolute atomic E-state index is 9.02. The fourth-order valence-electron chi connectivity index (χ4n) is 1.96. The normalized spacial score (nSPS) is 10.8. The van der Waals surface area contributed by atoms with E-state index in [4.69, 9.17) is 44.3 Å². The smallest absolute Gasteiger partial charge is 0.161 e. The molecular formula is C18H15ClN2O2S. The molecule has 0 fully saturated rings. The first-order valence-electron chi connectivity index (χ1n) is 7.00. The first kappa shape index (κ1) is 17.8. The van der Waals surface area contributed by atoms with Crippen LogP contribution < -0.4 is 15.2 Å². The van der Waals surface area contributed by atoms with Crippen LogP contribution in [0.1, 0.15) is 11.1 Å². The Labute approximate surface area is 151 Å². The van der Waals surface area contributed by atoms with Crippen LogP contribution in [0.25, 0.3) is 6.08 Å². The maximum atomic E-state index is 9.02. The molecule has 0 aliphatic carbocycles. The molecule has 2 rings (SSSR count). The molecule has 122 valence electrons. The summed E-state index contributed by atoms with van der Waals surface area (Å²) in [5.74, 6) is 1.15. The van der Waals surface area contributed by atoms with E-state index in [1.54, 1.807) is 31.4 Å². The van der Waals surface area contributed by atoms with E-state index in [1.807, 2.05) is 30.3 Å². The molecule has 2 aromatic carbocycles. The number of hydrogen-bond acceptors (Lipinski definition) is 4. The van der Waals surface area contributed by atoms with Gasteiger partial charge in [0, 0.05) is 5.02 Å². The zero-order valence-electron chi connectivity index (χ0n) is 13.0. The Kier molecular flexibility index (Phi) is 6.19. The molecule has 0 heterocycles. The Morgan fingerprint density at radius 1 is 1.25 bits per heavy atom. The van der Waals surface area contributed by atoms with Crippen LogP contribution in [0.15, 0.2) is 48.0 Å². The summed E-state index contributed by atoms with van der Waals surface area (Å²) in [4.78, 5) is 0.0551. The molecular weight excluding hydrogens is 344 g/mol. The van der Waals surface area contributed by atoms with E-state index in [1.165, 1.54) is 0 Å². The molecule has 0 unspecified atom stereocenters. The van der Waals surface area contributed by atoms with Crippen LogP contribution in [0.4, 0.5) is 0 Å². The lowest BCUT2D eigenvalue weighted by Gasteiger charge is -2.11. The van der Waals surface area contributed by atoms with Crippen molar-refractivity contribution in [3.8, 4) is 17.6 Å². The summed E-state index contributed by atoms with van der Waals surface area (Å²) in [6.45, 7) is 0.388. The van der Waals surface area contributed by atoms with Crippen molar-refractivity contribution in [2.75, 3.05) is 7.11 Å². The van der Waals surface area contributed by atoms with Crippen molar-refractivity contribution < 1.29 is 9.47 Å². The van der Waals surface area contributed by atoms with Gasteiger partial charge in [0.1, 0.15) is 17.7 Å². The zero-order valence-corrected chi connectivity index (χ0v) is 14.5. The number of rotatable bonds is 6. The van der Waals surface area contributed by atoms with Gasteiger partial charge in [-0.15, -0.1) is 0 Å². The summed E-state index contributed by atoms with van der Waals surface area (Å²) in [6.07, 6.45) is 1.60. The molecule has 0 amide bonds. The summed E-state index contributed by atoms with van der Waals surface area (Å²) in [5.41, 5.74) is 7.47. The molecule has 0 saturated heterocycles. The van der Waals surface area contributed by atoms with Crippen LogP contribution in [-0.4, -0.2) is 12.1 Å². The van der Waals surface area contributed by atoms with E-state index in [-0.39, 0.29) is 10.6 Å². The van der Waals surface area contributed by atoms with Crippen LogP contribution in [0.3, 0.4) is 0 Å². The minimum atomic E-state index is 0.0551. The van der Waals surface area contributed by atoms with Gasteiger partial charge in [-0.2, -0.15) is 5.26 Å². The van der Waals surface area contributed by atoms with Gasteiger partial charge in [0.2, 0.25) is 0 Å². The number of benzene rings is 2. The molecule has 4 nitrogen and oxygen atoms in total. The van der Waals surface area contributed by atoms with E-state index in [0.717, 1.165) is 11.1 Å². The summed E-state index contributed by atoms with van der Waals surface area (Å²) >= 11 is 10.7. The standard InChI is InChI=1S/C18H15ClN2O2S/c1-22-17-9-13(8-14(10-20)18(21)24)4-7-16(17)23-11-12-2-5-15(19)6-3-12/h2-9H,11H2,1H3,(H2,21,24)/b14-8-. The molecule has 2 N–H and O–H groups in total. The predicted molar refractivity (Wildman–Crippen MR) is 99.2 cm³/mol. The molecule has 0 aromatic heterocycles. The van der Waals surface area contributed by atoms with Crippen molar-refractivity contribution in [1.82, 2.24) is 0 Å². The number of halogens is 1. The molecule has 0 saturated carbocycles. The van der Waals surface area contributed by atoms with Crippen molar-refractivity contribution in [2.24, 2.45) is 5.73 Å². The zero-order chi connectivity index (χ0) is 17.5. The first-order chi connectivity index (χ1) is 11.5. The summed E-state index contributed by atoms with van der Waals surface area (Å²) in [7, 11) is 1.55. The van der Waals surface area contributed by atoms with E-state index >= 15 is 0 Å². The van der Waals surface area contributed by atoms with E-state index in [2.05, 4.69) is 0 Å². The van der Waals surface area contributed by atoms with Gasteiger partial charge in [0.15, 0.2) is 11.5 Å². The van der Waals surface area contributed by atoms with Crippen molar-refractivity contribution in [3.63, 3.8) is 0 Å². The maximum Gasteiger partial charge on any atom is 0.161 e. The average Bonchev–Trinajstić information content (AvgIpc) is 2.59. The molecule has 0 atom stereocenters. The molecule has 0 radical (unpaired) electrons. The highest BCUT2D eigenvalue weighted by atomic mass is 35.5. The van der Waals surface area contributed by atoms with Gasteiger partial charge in [-0.3, -0.25) is 0 Å². The molecule has 0 bridgehead atoms. The van der Waals surface area contributed by atoms with Crippen molar-refractivity contribution in [1.29, 1.82) is 5.26 Å². The summed E-state index contributed by atoms with van der Waals surface area (Å²) < 4.78 is 11.1. The third-order valence-corrected chi connectivity index (χ3v) is 3.66. The fraction of sp³-hybridized carbons (Fsp3) is 0.111. The van der Waals surface area contributed by atoms with Crippen LogP contribution >= 0.6 is 23.8 Å². The molecule has 2 aromatic rings. The van der Waals surface area contributed by atoms with Crippen molar-refractivity contribution in [2.45, 2.75) is 6.61 Å². The Morgan fingerprint density at radius 2 is 1.96 bits per heavy atom. The van der Waals surface area contributed by atoms with Crippen molar-refractivity contribution >= 4 is 34.9 Å². The first-order valence-corrected chi connectivity index (χ1v) is 7.79. The van der Waals surface area contributed by atoms with Gasteiger partial charge in [-0.05, 0) is 41.5 Å². The topological polar surface area (TPSA) is 68.3 Å². The van der Waals surface area contributed by atoms with Crippen LogP contribution in [0.5, 0.6) is 11.5 Å². The number of hydrogen-bond donors (Lipinski definition) is 1. The van der Waals surface area contributed by atoms with Gasteiger partial charge in [0.25, 0.3) is 0 Å². The van der Waals surface area contributed by atoms with Gasteiger partial charge < -0.3 is 15.2 Å². The van der Waals surface area contributed by atoms with Crippen LogP contribution in [0.2, 0.25) is 5.02 Å². The monoisotopic (exact) mass is 358 g/mol. The second-order valence-electron chi connectivity index (χ2n) is 4.86. The second kappa shape index (κ2) is 8.34. The largest absolute Gasteiger partial charge is 0.493 e. The van der Waals surface area contributed by atoms with Crippen LogP contribution in [-0.2, 0) is 6.61 Å². The second-order valence-corrected chi connectivity index (χ2v) is 5.74. The third kappa shape index (κ3) is 4.72. The van der Waals surface area contributed by atoms with Gasteiger partial charge in [-0.1, -0.05) is 42.0 Å². The minimum Gasteiger partial charge on any atom is -0.493 e. The van der Waals surface area contributed by atoms with E-state index in [9.17, 15) is 0 Å². The molecule has 24 heavy (non-hydrogen) atoms. The number of nitriles is 1. The molecule has 0 spiro atoms. The van der Waals surface area contributed by atoms with Gasteiger partial charge >= 0.3 is 0 Å². The predicted octanol–water partition coefficient (Wildman–Crippen LogP) is 4.12. The Bertz CT molecular complexity index is 811. The lowest BCUT2D eigenvalue weighted by atomic mass is 10.1. The number of ether oxygens (including phenoxy) is 2. The van der Waals surface area contributed by atoms with Gasteiger partial charge in [0.05, 0.1) is 12.7 Å².